The summed E-state index contributed by atoms with van der Waals surface area (Å²) in [7, 11) is 0. The lowest BCUT2D eigenvalue weighted by molar-refractivity contribution is -0.208. The van der Waals surface area contributed by atoms with E-state index in [1.807, 2.05) is 18.5 Å². The van der Waals surface area contributed by atoms with E-state index < -0.39 is 17.6 Å². The molecule has 1 amide bonds. The standard InChI is InChI=1S/C24H31F2N3O5/c1-3-19-21-20(6-4-12-33-13-5-11-27-22(21)30)29(28-19)14-16(2)15-34-23(31)17-7-9-18(10-8-17)24(25,26)32/h7-10,16,32H,3-6,11-15H2,1-2H3,(H,27,30)/t16-/m1/s1. The molecule has 1 atom stereocenters. The average molecular weight is 480 g/mol. The predicted molar refractivity (Wildman–Crippen MR) is 120 cm³/mol. The number of benzene rings is 1. The van der Waals surface area contributed by atoms with Crippen molar-refractivity contribution in [3.8, 4) is 0 Å². The number of rotatable bonds is 7. The summed E-state index contributed by atoms with van der Waals surface area (Å²) in [5.41, 5.74) is 1.71. The number of aryl methyl sites for hydroxylation is 1. The van der Waals surface area contributed by atoms with Gasteiger partial charge < -0.3 is 19.9 Å². The van der Waals surface area contributed by atoms with E-state index in [-0.39, 0.29) is 24.0 Å². The molecule has 0 spiro atoms. The number of aromatic nitrogens is 2. The van der Waals surface area contributed by atoms with Crippen LogP contribution in [-0.2, 0) is 35.0 Å². The summed E-state index contributed by atoms with van der Waals surface area (Å²) in [4.78, 5) is 25.1. The molecule has 8 nitrogen and oxygen atoms in total. The van der Waals surface area contributed by atoms with Gasteiger partial charge in [0.05, 0.1) is 34.7 Å². The topological polar surface area (TPSA) is 103 Å². The summed E-state index contributed by atoms with van der Waals surface area (Å²) in [6.45, 7) is 6.14. The van der Waals surface area contributed by atoms with E-state index >= 15 is 0 Å². The van der Waals surface area contributed by atoms with Gasteiger partial charge in [0.25, 0.3) is 5.91 Å². The summed E-state index contributed by atoms with van der Waals surface area (Å²) >= 11 is 0. The molecule has 1 aliphatic heterocycles. The van der Waals surface area contributed by atoms with Gasteiger partial charge in [0.15, 0.2) is 0 Å². The predicted octanol–water partition coefficient (Wildman–Crippen LogP) is 3.06. The van der Waals surface area contributed by atoms with Crippen molar-refractivity contribution < 1.29 is 33.0 Å². The molecule has 0 saturated heterocycles. The number of carbonyl (C=O) groups excluding carboxylic acids is 2. The number of fused-ring (bicyclic) bond motifs is 1. The van der Waals surface area contributed by atoms with Crippen LogP contribution in [0.2, 0.25) is 0 Å². The zero-order chi connectivity index (χ0) is 24.7. The second kappa shape index (κ2) is 11.5. The minimum absolute atomic E-state index is 0.0855. The number of hydrogen-bond acceptors (Lipinski definition) is 6. The van der Waals surface area contributed by atoms with Crippen LogP contribution in [0, 0.1) is 5.92 Å². The lowest BCUT2D eigenvalue weighted by Gasteiger charge is -2.15. The van der Waals surface area contributed by atoms with Crippen LogP contribution in [0.3, 0.4) is 0 Å². The smallest absolute Gasteiger partial charge is 0.380 e. The minimum Gasteiger partial charge on any atom is -0.462 e. The first-order valence-corrected chi connectivity index (χ1v) is 11.5. The van der Waals surface area contributed by atoms with E-state index in [0.29, 0.717) is 44.7 Å². The molecule has 0 saturated carbocycles. The maximum Gasteiger partial charge on any atom is 0.380 e. The second-order valence-electron chi connectivity index (χ2n) is 8.45. The molecular formula is C24H31F2N3O5. The van der Waals surface area contributed by atoms with Crippen molar-refractivity contribution in [2.75, 3.05) is 26.4 Å². The number of amides is 1. The van der Waals surface area contributed by atoms with Crippen LogP contribution in [0.4, 0.5) is 8.78 Å². The molecule has 0 radical (unpaired) electrons. The molecule has 0 aliphatic carbocycles. The number of ether oxygens (including phenoxy) is 2. The molecular weight excluding hydrogens is 448 g/mol. The molecule has 0 unspecified atom stereocenters. The van der Waals surface area contributed by atoms with Crippen molar-refractivity contribution in [1.29, 1.82) is 0 Å². The Kier molecular flexibility index (Phi) is 8.73. The van der Waals surface area contributed by atoms with Crippen LogP contribution in [0.25, 0.3) is 0 Å². The van der Waals surface area contributed by atoms with Crippen molar-refractivity contribution in [2.24, 2.45) is 5.92 Å². The first-order valence-electron chi connectivity index (χ1n) is 11.5. The quantitative estimate of drug-likeness (QED) is 0.592. The molecule has 0 bridgehead atoms. The third-order valence-electron chi connectivity index (χ3n) is 5.60. The molecule has 1 aromatic heterocycles. The van der Waals surface area contributed by atoms with Gasteiger partial charge in [0, 0.05) is 32.2 Å². The van der Waals surface area contributed by atoms with Gasteiger partial charge in [-0.3, -0.25) is 9.48 Å². The lowest BCUT2D eigenvalue weighted by atomic mass is 10.1. The van der Waals surface area contributed by atoms with Gasteiger partial charge in [-0.1, -0.05) is 13.8 Å². The molecule has 2 heterocycles. The highest BCUT2D eigenvalue weighted by Gasteiger charge is 2.28. The van der Waals surface area contributed by atoms with Gasteiger partial charge in [-0.2, -0.15) is 13.9 Å². The third-order valence-corrected chi connectivity index (χ3v) is 5.60. The highest BCUT2D eigenvalue weighted by Crippen LogP contribution is 2.24. The van der Waals surface area contributed by atoms with Crippen LogP contribution >= 0.6 is 0 Å². The molecule has 1 aromatic carbocycles. The molecule has 34 heavy (non-hydrogen) atoms. The summed E-state index contributed by atoms with van der Waals surface area (Å²) in [6, 6.07) is 4.34. The Balaban J connectivity index is 1.67. The maximum absolute atomic E-state index is 12.9. The zero-order valence-electron chi connectivity index (χ0n) is 19.5. The molecule has 186 valence electrons. The van der Waals surface area contributed by atoms with Crippen molar-refractivity contribution >= 4 is 11.9 Å². The molecule has 10 heteroatoms. The Bertz CT molecular complexity index is 986. The number of alkyl halides is 2. The average Bonchev–Trinajstić information content (AvgIpc) is 3.13. The van der Waals surface area contributed by atoms with Crippen molar-refractivity contribution in [1.82, 2.24) is 15.1 Å². The van der Waals surface area contributed by atoms with Gasteiger partial charge in [-0.25, -0.2) is 4.79 Å². The fraction of sp³-hybridized carbons (Fsp3) is 0.542. The normalized spacial score (nSPS) is 16.2. The Morgan fingerprint density at radius 2 is 2.00 bits per heavy atom. The number of nitrogens with zero attached hydrogens (tertiary/aromatic N) is 2. The molecule has 0 fully saturated rings. The highest BCUT2D eigenvalue weighted by atomic mass is 19.3. The van der Waals surface area contributed by atoms with Crippen molar-refractivity contribution in [3.63, 3.8) is 0 Å². The fourth-order valence-electron chi connectivity index (χ4n) is 3.83. The van der Waals surface area contributed by atoms with Gasteiger partial charge >= 0.3 is 12.1 Å². The SMILES string of the molecule is CCc1nn(C[C@@H](C)COC(=O)c2ccc(C(O)(F)F)cc2)c2c1C(=O)NCCCOCCC2. The van der Waals surface area contributed by atoms with Gasteiger partial charge in [0.2, 0.25) is 0 Å². The summed E-state index contributed by atoms with van der Waals surface area (Å²) < 4.78 is 38.6. The number of nitrogens with one attached hydrogen (secondary N) is 1. The van der Waals surface area contributed by atoms with Gasteiger partial charge in [-0.15, -0.1) is 0 Å². The molecule has 2 N–H and O–H groups in total. The van der Waals surface area contributed by atoms with Crippen LogP contribution in [0.1, 0.15) is 64.4 Å². The number of halogens is 2. The van der Waals surface area contributed by atoms with E-state index in [2.05, 4.69) is 10.4 Å². The molecule has 2 aromatic rings. The van der Waals surface area contributed by atoms with Gasteiger partial charge in [0.1, 0.15) is 0 Å². The van der Waals surface area contributed by atoms with Crippen molar-refractivity contribution in [3.05, 3.63) is 52.3 Å². The van der Waals surface area contributed by atoms with E-state index in [1.54, 1.807) is 0 Å². The first kappa shape index (κ1) is 25.8. The number of hydrogen-bond donors (Lipinski definition) is 2. The van der Waals surface area contributed by atoms with E-state index in [1.165, 1.54) is 12.1 Å². The third kappa shape index (κ3) is 6.60. The Morgan fingerprint density at radius 3 is 2.68 bits per heavy atom. The van der Waals surface area contributed by atoms with Crippen LogP contribution in [-0.4, -0.2) is 53.1 Å². The van der Waals surface area contributed by atoms with Gasteiger partial charge in [-0.05, 0) is 49.9 Å². The Labute approximate surface area is 197 Å². The monoisotopic (exact) mass is 479 g/mol. The fourth-order valence-corrected chi connectivity index (χ4v) is 3.83. The van der Waals surface area contributed by atoms with Crippen LogP contribution in [0.15, 0.2) is 24.3 Å². The Morgan fingerprint density at radius 1 is 1.29 bits per heavy atom. The Hall–Kier alpha value is -2.85. The second-order valence-corrected chi connectivity index (χ2v) is 8.45. The van der Waals surface area contributed by atoms with E-state index in [0.717, 1.165) is 36.4 Å². The van der Waals surface area contributed by atoms with Crippen LogP contribution < -0.4 is 5.32 Å². The first-order chi connectivity index (χ1) is 16.2. The largest absolute Gasteiger partial charge is 0.462 e. The molecule has 3 rings (SSSR count). The van der Waals surface area contributed by atoms with E-state index in [9.17, 15) is 18.4 Å². The van der Waals surface area contributed by atoms with Crippen LogP contribution in [0.5, 0.6) is 0 Å². The summed E-state index contributed by atoms with van der Waals surface area (Å²) in [5.74, 6) is -0.891. The molecule has 1 aliphatic rings. The summed E-state index contributed by atoms with van der Waals surface area (Å²) in [5, 5.41) is 16.4. The number of aliphatic hydroxyl groups is 1. The number of esters is 1. The van der Waals surface area contributed by atoms with E-state index in [4.69, 9.17) is 14.6 Å². The summed E-state index contributed by atoms with van der Waals surface area (Å²) in [6.07, 6.45) is -1.18. The lowest BCUT2D eigenvalue weighted by Crippen LogP contribution is -2.27. The highest BCUT2D eigenvalue weighted by molar-refractivity contribution is 5.96. The van der Waals surface area contributed by atoms with Crippen molar-refractivity contribution in [2.45, 2.75) is 52.2 Å². The maximum atomic E-state index is 12.9. The minimum atomic E-state index is -3.96. The zero-order valence-corrected chi connectivity index (χ0v) is 19.5. The number of carbonyl (C=O) groups is 2.